The number of carbonyl (C=O) groups excluding carboxylic acids is 1. The molecule has 1 aromatic carbocycles. The number of H-pyrrole nitrogens is 1. The lowest BCUT2D eigenvalue weighted by Gasteiger charge is -2.33. The van der Waals surface area contributed by atoms with Crippen molar-refractivity contribution in [1.29, 1.82) is 0 Å². The van der Waals surface area contributed by atoms with E-state index >= 15 is 0 Å². The molecule has 2 N–H and O–H groups in total. The lowest BCUT2D eigenvalue weighted by atomic mass is 9.96. The third kappa shape index (κ3) is 4.20. The summed E-state index contributed by atoms with van der Waals surface area (Å²) >= 11 is 0. The largest absolute Gasteiger partial charge is 0.369 e. The third-order valence-corrected chi connectivity index (χ3v) is 4.27. The van der Waals surface area contributed by atoms with Gasteiger partial charge in [0.1, 0.15) is 11.6 Å². The molecule has 6 nitrogen and oxygen atoms in total. The van der Waals surface area contributed by atoms with E-state index in [-0.39, 0.29) is 29.5 Å². The second kappa shape index (κ2) is 7.42. The summed E-state index contributed by atoms with van der Waals surface area (Å²) in [6.45, 7) is 1.11. The number of aromatic nitrogens is 2. The van der Waals surface area contributed by atoms with Crippen LogP contribution in [0.3, 0.4) is 0 Å². The van der Waals surface area contributed by atoms with Crippen molar-refractivity contribution >= 4 is 11.6 Å². The molecular formula is C17H18F2N4O2. The molecule has 0 aliphatic carbocycles. The van der Waals surface area contributed by atoms with Gasteiger partial charge in [-0.25, -0.2) is 13.9 Å². The molecule has 25 heavy (non-hydrogen) atoms. The maximum atomic E-state index is 13.6. The summed E-state index contributed by atoms with van der Waals surface area (Å²) in [7, 11) is 0. The van der Waals surface area contributed by atoms with E-state index in [2.05, 4.69) is 15.5 Å². The molecule has 132 valence electrons. The molecular weight excluding hydrogens is 330 g/mol. The molecule has 1 aliphatic rings. The zero-order valence-electron chi connectivity index (χ0n) is 13.5. The Morgan fingerprint density at radius 1 is 1.36 bits per heavy atom. The van der Waals surface area contributed by atoms with Crippen molar-refractivity contribution < 1.29 is 13.6 Å². The molecule has 8 heteroatoms. The van der Waals surface area contributed by atoms with Gasteiger partial charge in [0.2, 0.25) is 5.91 Å². The van der Waals surface area contributed by atoms with Gasteiger partial charge in [-0.1, -0.05) is 0 Å². The fraction of sp³-hybridized carbons (Fsp3) is 0.353. The third-order valence-electron chi connectivity index (χ3n) is 4.27. The molecule has 2 heterocycles. The molecule has 1 amide bonds. The zero-order valence-corrected chi connectivity index (χ0v) is 13.5. The fourth-order valence-electron chi connectivity index (χ4n) is 2.97. The van der Waals surface area contributed by atoms with Crippen molar-refractivity contribution in [2.45, 2.75) is 19.4 Å². The number of aromatic amines is 1. The van der Waals surface area contributed by atoms with Crippen LogP contribution in [0.15, 0.2) is 35.3 Å². The van der Waals surface area contributed by atoms with E-state index in [4.69, 9.17) is 0 Å². The van der Waals surface area contributed by atoms with Crippen LogP contribution in [0.5, 0.6) is 0 Å². The number of halogens is 2. The van der Waals surface area contributed by atoms with Crippen LogP contribution in [0, 0.1) is 17.6 Å². The summed E-state index contributed by atoms with van der Waals surface area (Å²) in [6.07, 6.45) is 3.04. The molecule has 1 atom stereocenters. The van der Waals surface area contributed by atoms with Crippen LogP contribution in [0.4, 0.5) is 14.5 Å². The van der Waals surface area contributed by atoms with Gasteiger partial charge in [0.15, 0.2) is 0 Å². The Kier molecular flexibility index (Phi) is 5.06. The number of carbonyl (C=O) groups is 1. The Labute approximate surface area is 142 Å². The Hall–Kier alpha value is -2.77. The number of piperidine rings is 1. The van der Waals surface area contributed by atoms with Crippen molar-refractivity contribution in [3.63, 3.8) is 0 Å². The SMILES string of the molecule is O=C(NCc1cc(F)ccc1F)[C@@H]1CCCN(c2cn[nH]c(=O)c2)C1. The lowest BCUT2D eigenvalue weighted by Crippen LogP contribution is -2.43. The van der Waals surface area contributed by atoms with Gasteiger partial charge in [-0.2, -0.15) is 5.10 Å². The number of nitrogens with one attached hydrogen (secondary N) is 2. The Balaban J connectivity index is 1.62. The minimum Gasteiger partial charge on any atom is -0.369 e. The Morgan fingerprint density at radius 3 is 3.00 bits per heavy atom. The molecule has 1 saturated heterocycles. The molecule has 0 unspecified atom stereocenters. The Morgan fingerprint density at radius 2 is 2.20 bits per heavy atom. The fourth-order valence-corrected chi connectivity index (χ4v) is 2.97. The van der Waals surface area contributed by atoms with Gasteiger partial charge in [-0.05, 0) is 31.0 Å². The lowest BCUT2D eigenvalue weighted by molar-refractivity contribution is -0.125. The van der Waals surface area contributed by atoms with Crippen molar-refractivity contribution in [3.05, 3.63) is 58.0 Å². The number of hydrogen-bond acceptors (Lipinski definition) is 4. The van der Waals surface area contributed by atoms with Gasteiger partial charge in [-0.3, -0.25) is 9.59 Å². The number of amides is 1. The predicted molar refractivity (Wildman–Crippen MR) is 88.0 cm³/mol. The summed E-state index contributed by atoms with van der Waals surface area (Å²) in [5.41, 5.74) is 0.475. The summed E-state index contributed by atoms with van der Waals surface area (Å²) in [5.74, 6) is -1.60. The van der Waals surface area contributed by atoms with Gasteiger partial charge in [0.25, 0.3) is 5.56 Å². The van der Waals surface area contributed by atoms with Crippen LogP contribution in [0.2, 0.25) is 0 Å². The first kappa shape index (κ1) is 17.1. The van der Waals surface area contributed by atoms with E-state index in [1.165, 1.54) is 6.07 Å². The minimum absolute atomic E-state index is 0.0640. The molecule has 0 radical (unpaired) electrons. The highest BCUT2D eigenvalue weighted by atomic mass is 19.1. The quantitative estimate of drug-likeness (QED) is 0.879. The molecule has 0 spiro atoms. The average molecular weight is 348 g/mol. The summed E-state index contributed by atoms with van der Waals surface area (Å²) < 4.78 is 26.8. The highest BCUT2D eigenvalue weighted by Crippen LogP contribution is 2.22. The van der Waals surface area contributed by atoms with Crippen LogP contribution in [-0.2, 0) is 11.3 Å². The van der Waals surface area contributed by atoms with E-state index < -0.39 is 11.6 Å². The van der Waals surface area contributed by atoms with Crippen LogP contribution in [0.25, 0.3) is 0 Å². The highest BCUT2D eigenvalue weighted by molar-refractivity contribution is 5.79. The molecule has 0 saturated carbocycles. The highest BCUT2D eigenvalue weighted by Gasteiger charge is 2.26. The number of benzene rings is 1. The molecule has 2 aromatic rings. The van der Waals surface area contributed by atoms with Crippen molar-refractivity contribution in [3.8, 4) is 0 Å². The molecule has 1 aromatic heterocycles. The standard InChI is InChI=1S/C17H18F2N4O2/c18-13-3-4-15(19)12(6-13)8-20-17(25)11-2-1-5-23(10-11)14-7-16(24)22-21-9-14/h3-4,6-7,9,11H,1-2,5,8,10H2,(H,20,25)(H,22,24)/t11-/m1/s1. The summed E-state index contributed by atoms with van der Waals surface area (Å²) in [5, 5.41) is 8.75. The molecule has 1 fully saturated rings. The predicted octanol–water partition coefficient (Wildman–Crippen LogP) is 1.58. The van der Waals surface area contributed by atoms with Gasteiger partial charge in [0.05, 0.1) is 17.8 Å². The number of anilines is 1. The number of hydrogen-bond donors (Lipinski definition) is 2. The molecule has 3 rings (SSSR count). The van der Waals surface area contributed by atoms with Crippen LogP contribution in [-0.4, -0.2) is 29.2 Å². The smallest absolute Gasteiger partial charge is 0.266 e. The van der Waals surface area contributed by atoms with E-state index in [0.29, 0.717) is 18.7 Å². The normalized spacial score (nSPS) is 17.4. The van der Waals surface area contributed by atoms with E-state index in [1.807, 2.05) is 4.90 Å². The van der Waals surface area contributed by atoms with E-state index in [0.717, 1.165) is 31.2 Å². The van der Waals surface area contributed by atoms with Crippen LogP contribution in [0.1, 0.15) is 18.4 Å². The van der Waals surface area contributed by atoms with E-state index in [1.54, 1.807) is 6.20 Å². The van der Waals surface area contributed by atoms with Crippen LogP contribution >= 0.6 is 0 Å². The summed E-state index contributed by atoms with van der Waals surface area (Å²) in [6, 6.07) is 4.59. The van der Waals surface area contributed by atoms with Crippen molar-refractivity contribution in [2.24, 2.45) is 5.92 Å². The molecule has 1 aliphatic heterocycles. The maximum Gasteiger partial charge on any atom is 0.266 e. The van der Waals surface area contributed by atoms with Crippen molar-refractivity contribution in [1.82, 2.24) is 15.5 Å². The second-order valence-electron chi connectivity index (χ2n) is 6.04. The monoisotopic (exact) mass is 348 g/mol. The average Bonchev–Trinajstić information content (AvgIpc) is 2.62. The van der Waals surface area contributed by atoms with Gasteiger partial charge in [0, 0.05) is 31.3 Å². The topological polar surface area (TPSA) is 78.1 Å². The van der Waals surface area contributed by atoms with Gasteiger partial charge < -0.3 is 10.2 Å². The summed E-state index contributed by atoms with van der Waals surface area (Å²) in [4.78, 5) is 25.7. The zero-order chi connectivity index (χ0) is 17.8. The van der Waals surface area contributed by atoms with Crippen LogP contribution < -0.4 is 15.8 Å². The van der Waals surface area contributed by atoms with Gasteiger partial charge >= 0.3 is 0 Å². The van der Waals surface area contributed by atoms with Gasteiger partial charge in [-0.15, -0.1) is 0 Å². The number of rotatable bonds is 4. The Bertz CT molecular complexity index is 824. The van der Waals surface area contributed by atoms with Crippen molar-refractivity contribution in [2.75, 3.05) is 18.0 Å². The maximum absolute atomic E-state index is 13.6. The first-order valence-corrected chi connectivity index (χ1v) is 8.04. The number of nitrogens with zero attached hydrogens (tertiary/aromatic N) is 2. The first-order chi connectivity index (χ1) is 12.0. The second-order valence-corrected chi connectivity index (χ2v) is 6.04. The molecule has 0 bridgehead atoms. The van der Waals surface area contributed by atoms with E-state index in [9.17, 15) is 18.4 Å². The minimum atomic E-state index is -0.554. The first-order valence-electron chi connectivity index (χ1n) is 8.04.